The molecule has 1 saturated heterocycles. The van der Waals surface area contributed by atoms with Gasteiger partial charge < -0.3 is 19.1 Å². The van der Waals surface area contributed by atoms with E-state index in [1.54, 1.807) is 30.0 Å². The molecule has 7 heteroatoms. The maximum Gasteiger partial charge on any atom is 0.311 e. The molecule has 0 radical (unpaired) electrons. The van der Waals surface area contributed by atoms with E-state index in [9.17, 15) is 14.4 Å². The van der Waals surface area contributed by atoms with Gasteiger partial charge in [-0.1, -0.05) is 6.92 Å². The third-order valence-electron chi connectivity index (χ3n) is 4.46. The van der Waals surface area contributed by atoms with Gasteiger partial charge in [0.25, 0.3) is 0 Å². The molecule has 0 N–H and O–H groups in total. The lowest BCUT2D eigenvalue weighted by molar-refractivity contribution is -0.150. The maximum absolute atomic E-state index is 12.3. The van der Waals surface area contributed by atoms with Gasteiger partial charge in [-0.05, 0) is 31.0 Å². The van der Waals surface area contributed by atoms with Crippen molar-refractivity contribution in [1.29, 1.82) is 0 Å². The maximum atomic E-state index is 12.3. The van der Waals surface area contributed by atoms with Crippen LogP contribution in [-0.2, 0) is 14.3 Å². The van der Waals surface area contributed by atoms with Crippen LogP contribution < -0.4 is 9.47 Å². The summed E-state index contributed by atoms with van der Waals surface area (Å²) in [6.07, 6.45) is 1.84. The normalized spacial score (nSPS) is 16.7. The number of Topliss-reactive ketones (excluding diaryl/α,β-unsaturated/α-hetero) is 1. The molecule has 1 unspecified atom stereocenters. The molecule has 1 amide bonds. The van der Waals surface area contributed by atoms with E-state index in [-0.39, 0.29) is 24.2 Å². The Morgan fingerprint density at radius 1 is 1.15 bits per heavy atom. The first-order valence-electron chi connectivity index (χ1n) is 8.69. The van der Waals surface area contributed by atoms with E-state index in [0.717, 1.165) is 6.42 Å². The topological polar surface area (TPSA) is 82.1 Å². The first-order chi connectivity index (χ1) is 12.5. The number of nitrogens with zero attached hydrogens (tertiary/aromatic N) is 1. The number of amides is 1. The second-order valence-corrected chi connectivity index (χ2v) is 6.13. The Morgan fingerprint density at radius 3 is 2.54 bits per heavy atom. The summed E-state index contributed by atoms with van der Waals surface area (Å²) in [6, 6.07) is 4.78. The Hall–Kier alpha value is -2.57. The summed E-state index contributed by atoms with van der Waals surface area (Å²) in [5, 5.41) is 0. The van der Waals surface area contributed by atoms with Gasteiger partial charge >= 0.3 is 5.97 Å². The number of ketones is 1. The van der Waals surface area contributed by atoms with E-state index in [1.807, 2.05) is 0 Å². The number of methoxy groups -OCH3 is 2. The number of piperidine rings is 1. The predicted octanol–water partition coefficient (Wildman–Crippen LogP) is 2.08. The van der Waals surface area contributed by atoms with Crippen LogP contribution >= 0.6 is 0 Å². The number of ether oxygens (including phenoxy) is 3. The summed E-state index contributed by atoms with van der Waals surface area (Å²) >= 11 is 0. The average Bonchev–Trinajstić information content (AvgIpc) is 2.70. The van der Waals surface area contributed by atoms with Gasteiger partial charge in [0.1, 0.15) is 0 Å². The molecule has 1 atom stereocenters. The van der Waals surface area contributed by atoms with Crippen molar-refractivity contribution in [1.82, 2.24) is 4.90 Å². The molecule has 1 heterocycles. The van der Waals surface area contributed by atoms with Gasteiger partial charge in [0.05, 0.1) is 20.1 Å². The third-order valence-corrected chi connectivity index (χ3v) is 4.46. The zero-order valence-corrected chi connectivity index (χ0v) is 15.4. The molecule has 0 aliphatic carbocycles. The second kappa shape index (κ2) is 9.22. The van der Waals surface area contributed by atoms with Crippen LogP contribution in [0.2, 0.25) is 0 Å². The molecule has 142 valence electrons. The molecule has 7 nitrogen and oxygen atoms in total. The Kier molecular flexibility index (Phi) is 7.00. The highest BCUT2D eigenvalue weighted by atomic mass is 16.5. The van der Waals surface area contributed by atoms with Crippen molar-refractivity contribution in [3.8, 4) is 11.5 Å². The van der Waals surface area contributed by atoms with Crippen molar-refractivity contribution in [3.05, 3.63) is 23.8 Å². The molecule has 0 saturated carbocycles. The Bertz CT molecular complexity index is 672. The van der Waals surface area contributed by atoms with E-state index in [2.05, 4.69) is 0 Å². The van der Waals surface area contributed by atoms with Crippen LogP contribution in [0.15, 0.2) is 18.2 Å². The minimum absolute atomic E-state index is 0.0314. The number of hydrogen-bond donors (Lipinski definition) is 0. The number of benzene rings is 1. The highest BCUT2D eigenvalue weighted by molar-refractivity contribution is 5.98. The lowest BCUT2D eigenvalue weighted by Gasteiger charge is -2.31. The van der Waals surface area contributed by atoms with E-state index in [0.29, 0.717) is 43.0 Å². The quantitative estimate of drug-likeness (QED) is 0.545. The number of hydrogen-bond acceptors (Lipinski definition) is 6. The van der Waals surface area contributed by atoms with Gasteiger partial charge in [0.2, 0.25) is 5.91 Å². The summed E-state index contributed by atoms with van der Waals surface area (Å²) < 4.78 is 15.5. The van der Waals surface area contributed by atoms with Crippen LogP contribution in [0.1, 0.15) is 36.5 Å². The van der Waals surface area contributed by atoms with Crippen LogP contribution in [0.25, 0.3) is 0 Å². The standard InChI is InChI=1S/C19H25NO6/c1-4-18(22)20-9-5-6-14(11-20)19(23)26-12-15(21)13-7-8-16(24-2)17(10-13)25-3/h7-8,10,14H,4-6,9,11-12H2,1-3H3. The SMILES string of the molecule is CCC(=O)N1CCCC(C(=O)OCC(=O)c2ccc(OC)c(OC)c2)C1. The van der Waals surface area contributed by atoms with Crippen LogP contribution in [0, 0.1) is 5.92 Å². The smallest absolute Gasteiger partial charge is 0.311 e. The summed E-state index contributed by atoms with van der Waals surface area (Å²) in [5.74, 6) is -0.153. The largest absolute Gasteiger partial charge is 0.493 e. The van der Waals surface area contributed by atoms with Crippen molar-refractivity contribution < 1.29 is 28.6 Å². The molecule has 2 rings (SSSR count). The predicted molar refractivity (Wildman–Crippen MR) is 94.4 cm³/mol. The molecular weight excluding hydrogens is 338 g/mol. The minimum atomic E-state index is -0.438. The van der Waals surface area contributed by atoms with Gasteiger partial charge in [0.15, 0.2) is 23.9 Å². The highest BCUT2D eigenvalue weighted by Gasteiger charge is 2.29. The second-order valence-electron chi connectivity index (χ2n) is 6.13. The summed E-state index contributed by atoms with van der Waals surface area (Å²) in [5.41, 5.74) is 0.377. The Labute approximate surface area is 153 Å². The van der Waals surface area contributed by atoms with Crippen molar-refractivity contribution >= 4 is 17.7 Å². The average molecular weight is 363 g/mol. The number of carbonyl (C=O) groups excluding carboxylic acids is 3. The molecule has 1 aromatic carbocycles. The van der Waals surface area contributed by atoms with E-state index in [4.69, 9.17) is 14.2 Å². The van der Waals surface area contributed by atoms with Gasteiger partial charge in [-0.15, -0.1) is 0 Å². The lowest BCUT2D eigenvalue weighted by atomic mass is 9.98. The minimum Gasteiger partial charge on any atom is -0.493 e. The molecular formula is C19H25NO6. The number of rotatable bonds is 7. The molecule has 0 aromatic heterocycles. The monoisotopic (exact) mass is 363 g/mol. The number of carbonyl (C=O) groups is 3. The lowest BCUT2D eigenvalue weighted by Crippen LogP contribution is -2.42. The van der Waals surface area contributed by atoms with E-state index in [1.165, 1.54) is 14.2 Å². The molecule has 0 spiro atoms. The molecule has 26 heavy (non-hydrogen) atoms. The first-order valence-corrected chi connectivity index (χ1v) is 8.69. The fourth-order valence-corrected chi connectivity index (χ4v) is 2.97. The fraction of sp³-hybridized carbons (Fsp3) is 0.526. The summed E-state index contributed by atoms with van der Waals surface area (Å²) in [7, 11) is 3.00. The van der Waals surface area contributed by atoms with Gasteiger partial charge in [0, 0.05) is 25.1 Å². The van der Waals surface area contributed by atoms with Crippen LogP contribution in [0.4, 0.5) is 0 Å². The van der Waals surface area contributed by atoms with Crippen LogP contribution in [-0.4, -0.2) is 56.5 Å². The van der Waals surface area contributed by atoms with E-state index >= 15 is 0 Å². The molecule has 1 aliphatic rings. The van der Waals surface area contributed by atoms with Gasteiger partial charge in [-0.3, -0.25) is 14.4 Å². The highest BCUT2D eigenvalue weighted by Crippen LogP contribution is 2.27. The Balaban J connectivity index is 1.92. The Morgan fingerprint density at radius 2 is 1.88 bits per heavy atom. The van der Waals surface area contributed by atoms with Crippen LogP contribution in [0.3, 0.4) is 0 Å². The fourth-order valence-electron chi connectivity index (χ4n) is 2.97. The first kappa shape index (κ1) is 19.8. The third kappa shape index (κ3) is 4.74. The summed E-state index contributed by atoms with van der Waals surface area (Å²) in [4.78, 5) is 38.0. The summed E-state index contributed by atoms with van der Waals surface area (Å²) in [6.45, 7) is 2.48. The van der Waals surface area contributed by atoms with Crippen molar-refractivity contribution in [2.24, 2.45) is 5.92 Å². The molecule has 1 fully saturated rings. The molecule has 0 bridgehead atoms. The van der Waals surface area contributed by atoms with Gasteiger partial charge in [-0.2, -0.15) is 0 Å². The van der Waals surface area contributed by atoms with Crippen LogP contribution in [0.5, 0.6) is 11.5 Å². The zero-order valence-electron chi connectivity index (χ0n) is 15.4. The van der Waals surface area contributed by atoms with Crippen molar-refractivity contribution in [2.75, 3.05) is 33.9 Å². The number of likely N-dealkylation sites (tertiary alicyclic amines) is 1. The zero-order chi connectivity index (χ0) is 19.1. The number of esters is 1. The molecule has 1 aromatic rings. The van der Waals surface area contributed by atoms with E-state index < -0.39 is 5.97 Å². The van der Waals surface area contributed by atoms with Gasteiger partial charge in [-0.25, -0.2) is 0 Å². The molecule has 1 aliphatic heterocycles. The van der Waals surface area contributed by atoms with Crippen molar-refractivity contribution in [3.63, 3.8) is 0 Å². The van der Waals surface area contributed by atoms with Crippen molar-refractivity contribution in [2.45, 2.75) is 26.2 Å².